The first-order valence-corrected chi connectivity index (χ1v) is 9.21. The van der Waals surface area contributed by atoms with Crippen LogP contribution in [0.3, 0.4) is 0 Å². The van der Waals surface area contributed by atoms with Gasteiger partial charge >= 0.3 is 0 Å². The average molecular weight is 369 g/mol. The Labute approximate surface area is 144 Å². The van der Waals surface area contributed by atoms with Crippen LogP contribution in [-0.2, 0) is 16.4 Å². The number of para-hydroxylation sites is 1. The van der Waals surface area contributed by atoms with Crippen LogP contribution in [0.25, 0.3) is 10.9 Å². The number of benzene rings is 2. The number of fused-ring (bicyclic) bond motifs is 1. The molecule has 1 aromatic heterocycles. The third-order valence-corrected chi connectivity index (χ3v) is 5.72. The van der Waals surface area contributed by atoms with Crippen molar-refractivity contribution in [3.8, 4) is 0 Å². The molecule has 2 N–H and O–H groups in total. The van der Waals surface area contributed by atoms with Crippen molar-refractivity contribution in [2.45, 2.75) is 11.3 Å². The van der Waals surface area contributed by atoms with E-state index in [1.165, 1.54) is 18.2 Å². The van der Waals surface area contributed by atoms with Gasteiger partial charge in [-0.1, -0.05) is 41.4 Å². The van der Waals surface area contributed by atoms with Crippen LogP contribution in [0.4, 0.5) is 0 Å². The number of H-pyrrole nitrogens is 1. The topological polar surface area (TPSA) is 62.0 Å². The molecule has 0 bridgehead atoms. The molecule has 120 valence electrons. The van der Waals surface area contributed by atoms with E-state index in [1.807, 2.05) is 30.5 Å². The molecule has 0 amide bonds. The molecule has 2 aromatic carbocycles. The highest BCUT2D eigenvalue weighted by Crippen LogP contribution is 2.25. The molecule has 7 heteroatoms. The van der Waals surface area contributed by atoms with Crippen LogP contribution in [-0.4, -0.2) is 19.9 Å². The summed E-state index contributed by atoms with van der Waals surface area (Å²) in [6, 6.07) is 12.2. The van der Waals surface area contributed by atoms with Crippen molar-refractivity contribution in [1.82, 2.24) is 9.71 Å². The Bertz CT molecular complexity index is 952. The minimum Gasteiger partial charge on any atom is -0.361 e. The molecule has 0 radical (unpaired) electrons. The third-order valence-electron chi connectivity index (χ3n) is 3.54. The predicted molar refractivity (Wildman–Crippen MR) is 93.7 cm³/mol. The summed E-state index contributed by atoms with van der Waals surface area (Å²) in [4.78, 5) is 3.20. The summed E-state index contributed by atoms with van der Waals surface area (Å²) in [5.41, 5.74) is 2.09. The minimum absolute atomic E-state index is 0.0301. The van der Waals surface area contributed by atoms with Crippen LogP contribution in [0.2, 0.25) is 10.0 Å². The molecule has 4 nitrogen and oxygen atoms in total. The van der Waals surface area contributed by atoms with E-state index in [4.69, 9.17) is 23.2 Å². The van der Waals surface area contributed by atoms with E-state index in [9.17, 15) is 8.42 Å². The van der Waals surface area contributed by atoms with E-state index in [0.717, 1.165) is 16.5 Å². The van der Waals surface area contributed by atoms with Gasteiger partial charge in [-0.15, -0.1) is 0 Å². The second-order valence-electron chi connectivity index (χ2n) is 5.08. The lowest BCUT2D eigenvalue weighted by molar-refractivity contribution is 0.582. The fourth-order valence-electron chi connectivity index (χ4n) is 2.43. The fraction of sp³-hybridized carbons (Fsp3) is 0.125. The van der Waals surface area contributed by atoms with E-state index < -0.39 is 10.0 Å². The summed E-state index contributed by atoms with van der Waals surface area (Å²) in [5, 5.41) is 1.60. The van der Waals surface area contributed by atoms with Crippen molar-refractivity contribution >= 4 is 44.1 Å². The van der Waals surface area contributed by atoms with Gasteiger partial charge in [0.15, 0.2) is 0 Å². The summed E-state index contributed by atoms with van der Waals surface area (Å²) >= 11 is 11.8. The van der Waals surface area contributed by atoms with E-state index >= 15 is 0 Å². The highest BCUT2D eigenvalue weighted by atomic mass is 35.5. The van der Waals surface area contributed by atoms with Gasteiger partial charge in [0.05, 0.1) is 5.02 Å². The van der Waals surface area contributed by atoms with Gasteiger partial charge in [0.2, 0.25) is 10.0 Å². The van der Waals surface area contributed by atoms with Crippen LogP contribution in [0.1, 0.15) is 5.56 Å². The number of sulfonamides is 1. The predicted octanol–water partition coefficient (Wildman–Crippen LogP) is 4.00. The van der Waals surface area contributed by atoms with Crippen molar-refractivity contribution in [2.24, 2.45) is 0 Å². The fourth-order valence-corrected chi connectivity index (χ4v) is 4.23. The Morgan fingerprint density at radius 2 is 1.87 bits per heavy atom. The molecule has 0 aliphatic carbocycles. The van der Waals surface area contributed by atoms with Crippen molar-refractivity contribution in [3.05, 3.63) is 64.3 Å². The first-order chi connectivity index (χ1) is 11.0. The van der Waals surface area contributed by atoms with Crippen LogP contribution < -0.4 is 4.72 Å². The van der Waals surface area contributed by atoms with E-state index in [0.29, 0.717) is 11.4 Å². The van der Waals surface area contributed by atoms with Crippen LogP contribution >= 0.6 is 23.2 Å². The van der Waals surface area contributed by atoms with Gasteiger partial charge in [0.25, 0.3) is 0 Å². The number of aromatic amines is 1. The number of nitrogens with one attached hydrogen (secondary N) is 2. The van der Waals surface area contributed by atoms with Crippen molar-refractivity contribution in [3.63, 3.8) is 0 Å². The standard InChI is InChI=1S/C16H14Cl2N2O2S/c17-12-5-6-16(14(18)9-12)23(21,22)20-8-7-11-10-19-15-4-2-1-3-13(11)15/h1-6,9-10,19-20H,7-8H2. The summed E-state index contributed by atoms with van der Waals surface area (Å²) < 4.78 is 27.2. The molecule has 0 saturated heterocycles. The summed E-state index contributed by atoms with van der Waals surface area (Å²) in [6.45, 7) is 0.281. The molecule has 0 fully saturated rings. The van der Waals surface area contributed by atoms with Gasteiger partial charge in [0, 0.05) is 28.7 Å². The first-order valence-electron chi connectivity index (χ1n) is 6.97. The molecule has 0 aliphatic rings. The lowest BCUT2D eigenvalue weighted by Gasteiger charge is -2.08. The van der Waals surface area contributed by atoms with Gasteiger partial charge in [-0.05, 0) is 36.2 Å². The molecule has 0 aliphatic heterocycles. The Hall–Kier alpha value is -1.53. The maximum Gasteiger partial charge on any atom is 0.242 e. The summed E-state index contributed by atoms with van der Waals surface area (Å²) in [5.74, 6) is 0. The average Bonchev–Trinajstić information content (AvgIpc) is 2.90. The lowest BCUT2D eigenvalue weighted by atomic mass is 10.1. The van der Waals surface area contributed by atoms with Gasteiger partial charge in [-0.3, -0.25) is 0 Å². The number of hydrogen-bond donors (Lipinski definition) is 2. The highest BCUT2D eigenvalue weighted by molar-refractivity contribution is 7.89. The number of rotatable bonds is 5. The first kappa shape index (κ1) is 16.3. The monoisotopic (exact) mass is 368 g/mol. The maximum atomic E-state index is 12.3. The number of aromatic nitrogens is 1. The van der Waals surface area contributed by atoms with Crippen LogP contribution in [0, 0.1) is 0 Å². The lowest BCUT2D eigenvalue weighted by Crippen LogP contribution is -2.26. The molecule has 23 heavy (non-hydrogen) atoms. The van der Waals surface area contributed by atoms with Gasteiger partial charge in [-0.25, -0.2) is 13.1 Å². The zero-order chi connectivity index (χ0) is 16.4. The molecule has 0 spiro atoms. The highest BCUT2D eigenvalue weighted by Gasteiger charge is 2.17. The van der Waals surface area contributed by atoms with Crippen molar-refractivity contribution < 1.29 is 8.42 Å². The van der Waals surface area contributed by atoms with Crippen LogP contribution in [0.5, 0.6) is 0 Å². The van der Waals surface area contributed by atoms with Gasteiger partial charge in [0.1, 0.15) is 4.90 Å². The molecule has 1 heterocycles. The Morgan fingerprint density at radius 3 is 2.65 bits per heavy atom. The third kappa shape index (κ3) is 3.53. The minimum atomic E-state index is -3.66. The normalized spacial score (nSPS) is 11.9. The molecule has 0 atom stereocenters. The zero-order valence-corrected chi connectivity index (χ0v) is 14.3. The molecule has 3 rings (SSSR count). The number of hydrogen-bond acceptors (Lipinski definition) is 2. The maximum absolute atomic E-state index is 12.3. The Kier molecular flexibility index (Phi) is 4.64. The van der Waals surface area contributed by atoms with Gasteiger partial charge < -0.3 is 4.98 Å². The number of halogens is 2. The van der Waals surface area contributed by atoms with Crippen molar-refractivity contribution in [1.29, 1.82) is 0 Å². The summed E-state index contributed by atoms with van der Waals surface area (Å²) in [6.07, 6.45) is 2.47. The molecule has 0 unspecified atom stereocenters. The largest absolute Gasteiger partial charge is 0.361 e. The Morgan fingerprint density at radius 1 is 1.09 bits per heavy atom. The molecule has 3 aromatic rings. The molecular formula is C16H14Cl2N2O2S. The van der Waals surface area contributed by atoms with Gasteiger partial charge in [-0.2, -0.15) is 0 Å². The quantitative estimate of drug-likeness (QED) is 0.714. The van der Waals surface area contributed by atoms with Crippen LogP contribution in [0.15, 0.2) is 53.6 Å². The van der Waals surface area contributed by atoms with Crippen molar-refractivity contribution in [2.75, 3.05) is 6.54 Å². The second kappa shape index (κ2) is 6.53. The van der Waals surface area contributed by atoms with E-state index in [2.05, 4.69) is 9.71 Å². The molecule has 0 saturated carbocycles. The smallest absolute Gasteiger partial charge is 0.242 e. The van der Waals surface area contributed by atoms with E-state index in [-0.39, 0.29) is 16.5 Å². The van der Waals surface area contributed by atoms with E-state index in [1.54, 1.807) is 0 Å². The SMILES string of the molecule is O=S(=O)(NCCc1c[nH]c2ccccc12)c1ccc(Cl)cc1Cl. The Balaban J connectivity index is 1.72. The zero-order valence-electron chi connectivity index (χ0n) is 12.0. The molecular weight excluding hydrogens is 355 g/mol. The second-order valence-corrected chi connectivity index (χ2v) is 7.66. The summed E-state index contributed by atoms with van der Waals surface area (Å²) in [7, 11) is -3.66.